The van der Waals surface area contributed by atoms with Crippen LogP contribution < -0.4 is 5.73 Å². The van der Waals surface area contributed by atoms with Crippen LogP contribution in [0.3, 0.4) is 0 Å². The van der Waals surface area contributed by atoms with E-state index in [1.54, 1.807) is 0 Å². The van der Waals surface area contributed by atoms with Crippen LogP contribution in [0.5, 0.6) is 0 Å². The smallest absolute Gasteiger partial charge is 0.0379 e. The molecule has 1 aromatic heterocycles. The molecule has 2 rings (SSSR count). The molecule has 0 aliphatic heterocycles. The molecule has 1 aliphatic rings. The van der Waals surface area contributed by atoms with Gasteiger partial charge in [-0.15, -0.1) is 0 Å². The first kappa shape index (κ1) is 8.70. The zero-order valence-electron chi connectivity index (χ0n) is 8.25. The number of nitrogens with two attached hydrogens (primary N) is 1. The fourth-order valence-electron chi connectivity index (χ4n) is 1.79. The third-order valence-electron chi connectivity index (χ3n) is 2.62. The van der Waals surface area contributed by atoms with E-state index in [1.165, 1.54) is 18.4 Å². The predicted molar refractivity (Wildman–Crippen MR) is 53.4 cm³/mol. The molecule has 1 unspecified atom stereocenters. The van der Waals surface area contributed by atoms with Gasteiger partial charge in [0.1, 0.15) is 0 Å². The van der Waals surface area contributed by atoms with Crippen LogP contribution in [0.1, 0.15) is 35.8 Å². The molecule has 2 N–H and O–H groups in total. The van der Waals surface area contributed by atoms with Crippen molar-refractivity contribution in [3.63, 3.8) is 0 Å². The summed E-state index contributed by atoms with van der Waals surface area (Å²) in [6, 6.07) is 4.45. The maximum absolute atomic E-state index is 6.11. The maximum atomic E-state index is 6.11. The lowest BCUT2D eigenvalue weighted by atomic mass is 10.0. The number of hydrogen-bond donors (Lipinski definition) is 1. The molecule has 1 aromatic rings. The molecule has 0 saturated heterocycles. The first-order chi connectivity index (χ1) is 6.16. The Morgan fingerprint density at radius 1 is 1.31 bits per heavy atom. The number of hydrogen-bond acceptors (Lipinski definition) is 2. The number of aryl methyl sites for hydroxylation is 2. The summed E-state index contributed by atoms with van der Waals surface area (Å²) in [6.07, 6.45) is 2.59. The van der Waals surface area contributed by atoms with E-state index in [1.807, 2.05) is 13.8 Å². The fraction of sp³-hybridized carbons (Fsp3) is 0.545. The highest BCUT2D eigenvalue weighted by Crippen LogP contribution is 2.39. The molecule has 1 saturated carbocycles. The Balaban J connectivity index is 2.27. The number of pyridine rings is 1. The van der Waals surface area contributed by atoms with E-state index in [4.69, 9.17) is 5.73 Å². The van der Waals surface area contributed by atoms with Crippen molar-refractivity contribution in [2.75, 3.05) is 0 Å². The van der Waals surface area contributed by atoms with Gasteiger partial charge in [0.2, 0.25) is 0 Å². The van der Waals surface area contributed by atoms with Gasteiger partial charge < -0.3 is 5.73 Å². The fourth-order valence-corrected chi connectivity index (χ4v) is 1.79. The van der Waals surface area contributed by atoms with Crippen LogP contribution in [0.15, 0.2) is 12.1 Å². The van der Waals surface area contributed by atoms with Crippen molar-refractivity contribution >= 4 is 0 Å². The Morgan fingerprint density at radius 2 is 1.85 bits per heavy atom. The summed E-state index contributed by atoms with van der Waals surface area (Å²) in [7, 11) is 0. The average molecular weight is 176 g/mol. The van der Waals surface area contributed by atoms with Crippen LogP contribution in [-0.4, -0.2) is 4.98 Å². The number of rotatable bonds is 2. The summed E-state index contributed by atoms with van der Waals surface area (Å²) in [6.45, 7) is 4.05. The van der Waals surface area contributed by atoms with Crippen LogP contribution in [0.4, 0.5) is 0 Å². The van der Waals surface area contributed by atoms with Crippen molar-refractivity contribution in [2.24, 2.45) is 11.7 Å². The molecule has 0 spiro atoms. The van der Waals surface area contributed by atoms with E-state index in [0.717, 1.165) is 17.3 Å². The van der Waals surface area contributed by atoms with Crippen molar-refractivity contribution in [2.45, 2.75) is 32.7 Å². The van der Waals surface area contributed by atoms with Crippen molar-refractivity contribution < 1.29 is 0 Å². The summed E-state index contributed by atoms with van der Waals surface area (Å²) in [5.41, 5.74) is 9.52. The molecule has 0 bridgehead atoms. The van der Waals surface area contributed by atoms with Crippen molar-refractivity contribution in [1.29, 1.82) is 0 Å². The third kappa shape index (κ3) is 1.89. The van der Waals surface area contributed by atoms with Crippen LogP contribution in [0.2, 0.25) is 0 Å². The Morgan fingerprint density at radius 3 is 2.31 bits per heavy atom. The van der Waals surface area contributed by atoms with Crippen molar-refractivity contribution in [3.05, 3.63) is 29.1 Å². The molecule has 13 heavy (non-hydrogen) atoms. The van der Waals surface area contributed by atoms with Gasteiger partial charge in [-0.2, -0.15) is 0 Å². The van der Waals surface area contributed by atoms with Crippen molar-refractivity contribution in [3.8, 4) is 0 Å². The molecule has 2 nitrogen and oxygen atoms in total. The van der Waals surface area contributed by atoms with E-state index < -0.39 is 0 Å². The lowest BCUT2D eigenvalue weighted by Gasteiger charge is -2.11. The highest BCUT2D eigenvalue weighted by atomic mass is 14.7. The largest absolute Gasteiger partial charge is 0.324 e. The van der Waals surface area contributed by atoms with E-state index in [0.29, 0.717) is 0 Å². The van der Waals surface area contributed by atoms with Crippen LogP contribution >= 0.6 is 0 Å². The van der Waals surface area contributed by atoms with Gasteiger partial charge >= 0.3 is 0 Å². The average Bonchev–Trinajstić information content (AvgIpc) is 2.83. The zero-order chi connectivity index (χ0) is 9.42. The topological polar surface area (TPSA) is 38.9 Å². The molecule has 1 fully saturated rings. The van der Waals surface area contributed by atoms with Gasteiger partial charge in [0.05, 0.1) is 0 Å². The minimum atomic E-state index is 0.236. The summed E-state index contributed by atoms with van der Waals surface area (Å²) >= 11 is 0. The Labute approximate surface area is 79.2 Å². The zero-order valence-corrected chi connectivity index (χ0v) is 8.25. The minimum Gasteiger partial charge on any atom is -0.324 e. The molecule has 2 heteroatoms. The normalized spacial score (nSPS) is 18.7. The van der Waals surface area contributed by atoms with Crippen LogP contribution in [0.25, 0.3) is 0 Å². The second-order valence-electron chi connectivity index (χ2n) is 4.05. The summed E-state index contributed by atoms with van der Waals surface area (Å²) < 4.78 is 0. The quantitative estimate of drug-likeness (QED) is 0.749. The highest BCUT2D eigenvalue weighted by molar-refractivity contribution is 5.24. The third-order valence-corrected chi connectivity index (χ3v) is 2.62. The molecule has 0 amide bonds. The second-order valence-corrected chi connectivity index (χ2v) is 4.05. The Bertz CT molecular complexity index is 296. The molecular weight excluding hydrogens is 160 g/mol. The molecule has 0 radical (unpaired) electrons. The molecular formula is C11H16N2. The second kappa shape index (κ2) is 3.11. The Kier molecular flexibility index (Phi) is 2.08. The molecule has 0 aromatic carbocycles. The van der Waals surface area contributed by atoms with Gasteiger partial charge in [-0.05, 0) is 50.3 Å². The minimum absolute atomic E-state index is 0.236. The number of nitrogens with zero attached hydrogens (tertiary/aromatic N) is 1. The van der Waals surface area contributed by atoms with Crippen molar-refractivity contribution in [1.82, 2.24) is 4.98 Å². The first-order valence-electron chi connectivity index (χ1n) is 4.87. The summed E-state index contributed by atoms with van der Waals surface area (Å²) in [5, 5.41) is 0. The molecule has 1 atom stereocenters. The van der Waals surface area contributed by atoms with E-state index in [9.17, 15) is 0 Å². The van der Waals surface area contributed by atoms with Gasteiger partial charge in [0.25, 0.3) is 0 Å². The summed E-state index contributed by atoms with van der Waals surface area (Å²) in [4.78, 5) is 4.34. The lowest BCUT2D eigenvalue weighted by Crippen LogP contribution is -2.13. The van der Waals surface area contributed by atoms with Gasteiger partial charge in [0, 0.05) is 17.4 Å². The SMILES string of the molecule is Cc1cc(C(N)C2CC2)cc(C)n1. The predicted octanol–water partition coefficient (Wildman–Crippen LogP) is 2.11. The van der Waals surface area contributed by atoms with E-state index >= 15 is 0 Å². The van der Waals surface area contributed by atoms with Crippen LogP contribution in [0, 0.1) is 19.8 Å². The first-order valence-corrected chi connectivity index (χ1v) is 4.87. The van der Waals surface area contributed by atoms with Gasteiger partial charge in [0.15, 0.2) is 0 Å². The highest BCUT2D eigenvalue weighted by Gasteiger charge is 2.29. The summed E-state index contributed by atoms with van der Waals surface area (Å²) in [5.74, 6) is 0.723. The molecule has 1 heterocycles. The van der Waals surface area contributed by atoms with Gasteiger partial charge in [-0.1, -0.05) is 0 Å². The van der Waals surface area contributed by atoms with Gasteiger partial charge in [-0.25, -0.2) is 0 Å². The van der Waals surface area contributed by atoms with E-state index in [-0.39, 0.29) is 6.04 Å². The number of aromatic nitrogens is 1. The van der Waals surface area contributed by atoms with Crippen LogP contribution in [-0.2, 0) is 0 Å². The van der Waals surface area contributed by atoms with E-state index in [2.05, 4.69) is 17.1 Å². The standard InChI is InChI=1S/C11H16N2/c1-7-5-10(6-8(2)13-7)11(12)9-3-4-9/h5-6,9,11H,3-4,12H2,1-2H3. The monoisotopic (exact) mass is 176 g/mol. The Hall–Kier alpha value is -0.890. The molecule has 1 aliphatic carbocycles. The van der Waals surface area contributed by atoms with Gasteiger partial charge in [-0.3, -0.25) is 4.98 Å². The lowest BCUT2D eigenvalue weighted by molar-refractivity contribution is 0.631. The molecule has 70 valence electrons. The maximum Gasteiger partial charge on any atom is 0.0379 e.